The second-order valence-electron chi connectivity index (χ2n) is 6.07. The summed E-state index contributed by atoms with van der Waals surface area (Å²) in [6.45, 7) is 1.88. The summed E-state index contributed by atoms with van der Waals surface area (Å²) >= 11 is 0. The summed E-state index contributed by atoms with van der Waals surface area (Å²) in [5.74, 6) is -1.14. The van der Waals surface area contributed by atoms with Crippen LogP contribution in [0, 0.1) is 0 Å². The van der Waals surface area contributed by atoms with E-state index in [2.05, 4.69) is 0 Å². The molecule has 0 radical (unpaired) electrons. The van der Waals surface area contributed by atoms with E-state index in [-0.39, 0.29) is 23.6 Å². The zero-order valence-corrected chi connectivity index (χ0v) is 14.6. The van der Waals surface area contributed by atoms with Crippen molar-refractivity contribution in [2.75, 3.05) is 6.61 Å². The van der Waals surface area contributed by atoms with Gasteiger partial charge < -0.3 is 19.6 Å². The van der Waals surface area contributed by atoms with Crippen LogP contribution in [0.5, 0.6) is 5.75 Å². The smallest absolute Gasteiger partial charge is 0.344 e. The maximum atomic E-state index is 12.8. The average molecular weight is 363 g/mol. The second-order valence-corrected chi connectivity index (χ2v) is 6.07. The summed E-state index contributed by atoms with van der Waals surface area (Å²) in [6.07, 6.45) is 0. The number of hydrogen-bond donors (Lipinski definition) is 1. The summed E-state index contributed by atoms with van der Waals surface area (Å²) in [5, 5.41) is 0.610. The Balaban J connectivity index is 2.04. The minimum atomic E-state index is -0.741. The highest BCUT2D eigenvalue weighted by molar-refractivity contribution is 5.94. The Morgan fingerprint density at radius 3 is 2.56 bits per heavy atom. The summed E-state index contributed by atoms with van der Waals surface area (Å²) < 4.78 is 16.4. The quantitative estimate of drug-likeness (QED) is 0.568. The minimum absolute atomic E-state index is 0.0782. The monoisotopic (exact) mass is 363 g/mol. The fourth-order valence-corrected chi connectivity index (χ4v) is 3.35. The molecule has 27 heavy (non-hydrogen) atoms. The van der Waals surface area contributed by atoms with E-state index in [0.29, 0.717) is 16.7 Å². The third kappa shape index (κ3) is 2.75. The average Bonchev–Trinajstić information content (AvgIpc) is 2.68. The third-order valence-electron chi connectivity index (χ3n) is 4.48. The van der Waals surface area contributed by atoms with Gasteiger partial charge in [0.25, 0.3) is 0 Å². The van der Waals surface area contributed by atoms with Crippen LogP contribution in [0.25, 0.3) is 11.0 Å². The van der Waals surface area contributed by atoms with E-state index in [1.807, 2.05) is 36.4 Å². The largest absolute Gasteiger partial charge is 0.462 e. The standard InChI is InChI=1S/C21H17NO5/c1-2-25-20(23)17-15(12-8-4-3-5-9-12)16-18(27-19(17)22)13-10-6-7-11-14(13)26-21(16)24/h3-11,15H,2,22H2,1H3/t15-/m0/s1. The number of para-hydroxylation sites is 1. The van der Waals surface area contributed by atoms with E-state index in [0.717, 1.165) is 5.56 Å². The Morgan fingerprint density at radius 2 is 1.81 bits per heavy atom. The van der Waals surface area contributed by atoms with Crippen LogP contribution >= 0.6 is 0 Å². The van der Waals surface area contributed by atoms with Crippen molar-refractivity contribution in [2.45, 2.75) is 12.8 Å². The number of benzene rings is 2. The Labute approximate surface area is 154 Å². The summed E-state index contributed by atoms with van der Waals surface area (Å²) in [6, 6.07) is 16.2. The molecule has 6 nitrogen and oxygen atoms in total. The van der Waals surface area contributed by atoms with Crippen LogP contribution in [-0.4, -0.2) is 12.6 Å². The lowest BCUT2D eigenvalue weighted by Gasteiger charge is -2.27. The highest BCUT2D eigenvalue weighted by Crippen LogP contribution is 2.43. The van der Waals surface area contributed by atoms with Crippen molar-refractivity contribution in [3.63, 3.8) is 0 Å². The SMILES string of the molecule is CCOC(=O)C1=C(N)Oc2c(c(=O)oc3ccccc23)[C@@H]1c1ccccc1. The molecule has 1 aromatic heterocycles. The fourth-order valence-electron chi connectivity index (χ4n) is 3.35. The molecule has 136 valence electrons. The van der Waals surface area contributed by atoms with Gasteiger partial charge in [0.2, 0.25) is 5.88 Å². The van der Waals surface area contributed by atoms with E-state index >= 15 is 0 Å². The lowest BCUT2D eigenvalue weighted by atomic mass is 9.83. The first-order valence-electron chi connectivity index (χ1n) is 8.57. The first-order valence-corrected chi connectivity index (χ1v) is 8.57. The molecule has 0 saturated carbocycles. The summed E-state index contributed by atoms with van der Waals surface area (Å²) in [5.41, 5.74) is 6.98. The van der Waals surface area contributed by atoms with E-state index in [9.17, 15) is 9.59 Å². The molecular formula is C21H17NO5. The zero-order valence-electron chi connectivity index (χ0n) is 14.6. The van der Waals surface area contributed by atoms with Gasteiger partial charge in [0, 0.05) is 0 Å². The molecule has 2 N–H and O–H groups in total. The van der Waals surface area contributed by atoms with Gasteiger partial charge >= 0.3 is 11.6 Å². The van der Waals surface area contributed by atoms with E-state index in [1.54, 1.807) is 25.1 Å². The number of nitrogens with two attached hydrogens (primary N) is 1. The molecule has 0 unspecified atom stereocenters. The minimum Gasteiger partial charge on any atom is -0.462 e. The summed E-state index contributed by atoms with van der Waals surface area (Å²) in [4.78, 5) is 25.4. The number of rotatable bonds is 3. The first-order chi connectivity index (χ1) is 13.1. The van der Waals surface area contributed by atoms with Crippen LogP contribution < -0.4 is 16.1 Å². The van der Waals surface area contributed by atoms with E-state index < -0.39 is 17.5 Å². The molecule has 3 aromatic rings. The van der Waals surface area contributed by atoms with Gasteiger partial charge in [-0.15, -0.1) is 0 Å². The summed E-state index contributed by atoms with van der Waals surface area (Å²) in [7, 11) is 0. The highest BCUT2D eigenvalue weighted by atomic mass is 16.5. The fraction of sp³-hybridized carbons (Fsp3) is 0.143. The van der Waals surface area contributed by atoms with Crippen molar-refractivity contribution in [1.82, 2.24) is 0 Å². The third-order valence-corrected chi connectivity index (χ3v) is 4.48. The van der Waals surface area contributed by atoms with Gasteiger partial charge in [0.15, 0.2) is 5.75 Å². The number of carbonyl (C=O) groups excluding carboxylic acids is 1. The molecule has 4 rings (SSSR count). The topological polar surface area (TPSA) is 91.8 Å². The number of ether oxygens (including phenoxy) is 2. The van der Waals surface area contributed by atoms with Gasteiger partial charge in [-0.25, -0.2) is 9.59 Å². The highest BCUT2D eigenvalue weighted by Gasteiger charge is 2.39. The zero-order chi connectivity index (χ0) is 19.0. The van der Waals surface area contributed by atoms with Gasteiger partial charge in [-0.2, -0.15) is 0 Å². The second kappa shape index (κ2) is 6.64. The number of esters is 1. The molecule has 2 aromatic carbocycles. The molecule has 0 fully saturated rings. The van der Waals surface area contributed by atoms with Crippen molar-refractivity contribution in [1.29, 1.82) is 0 Å². The normalized spacial score (nSPS) is 16.0. The number of carbonyl (C=O) groups is 1. The molecular weight excluding hydrogens is 346 g/mol. The first kappa shape index (κ1) is 16.9. The van der Waals surface area contributed by atoms with Crippen molar-refractivity contribution in [3.8, 4) is 5.75 Å². The van der Waals surface area contributed by atoms with Gasteiger partial charge in [0.1, 0.15) is 11.2 Å². The number of hydrogen-bond acceptors (Lipinski definition) is 6. The predicted molar refractivity (Wildman–Crippen MR) is 99.2 cm³/mol. The van der Waals surface area contributed by atoms with Crippen LogP contribution in [0.1, 0.15) is 24.0 Å². The molecule has 0 amide bonds. The molecule has 1 atom stereocenters. The van der Waals surface area contributed by atoms with Gasteiger partial charge in [-0.1, -0.05) is 42.5 Å². The molecule has 1 aliphatic heterocycles. The van der Waals surface area contributed by atoms with Gasteiger partial charge in [-0.3, -0.25) is 0 Å². The van der Waals surface area contributed by atoms with Gasteiger partial charge in [-0.05, 0) is 24.6 Å². The van der Waals surface area contributed by atoms with Crippen LogP contribution in [0.3, 0.4) is 0 Å². The molecule has 1 aliphatic rings. The van der Waals surface area contributed by atoms with Crippen LogP contribution in [0.4, 0.5) is 0 Å². The number of fused-ring (bicyclic) bond motifs is 3. The maximum absolute atomic E-state index is 12.8. The van der Waals surface area contributed by atoms with Crippen molar-refractivity contribution >= 4 is 16.9 Å². The van der Waals surface area contributed by atoms with Gasteiger partial charge in [0.05, 0.1) is 23.5 Å². The van der Waals surface area contributed by atoms with Crippen LogP contribution in [0.15, 0.2) is 75.3 Å². The van der Waals surface area contributed by atoms with Crippen molar-refractivity contribution in [2.24, 2.45) is 5.73 Å². The van der Waals surface area contributed by atoms with E-state index in [1.165, 1.54) is 0 Å². The lowest BCUT2D eigenvalue weighted by Crippen LogP contribution is -2.31. The Kier molecular flexibility index (Phi) is 4.16. The molecule has 0 bridgehead atoms. The molecule has 0 aliphatic carbocycles. The Hall–Kier alpha value is -3.54. The predicted octanol–water partition coefficient (Wildman–Crippen LogP) is 3.05. The Bertz CT molecular complexity index is 1110. The molecule has 0 saturated heterocycles. The molecule has 6 heteroatoms. The maximum Gasteiger partial charge on any atom is 0.344 e. The van der Waals surface area contributed by atoms with Crippen LogP contribution in [0.2, 0.25) is 0 Å². The van der Waals surface area contributed by atoms with E-state index in [4.69, 9.17) is 19.6 Å². The molecule has 2 heterocycles. The lowest BCUT2D eigenvalue weighted by molar-refractivity contribution is -0.139. The van der Waals surface area contributed by atoms with Crippen molar-refractivity contribution in [3.05, 3.63) is 87.6 Å². The van der Waals surface area contributed by atoms with Crippen molar-refractivity contribution < 1.29 is 18.7 Å². The molecule has 0 spiro atoms. The van der Waals surface area contributed by atoms with Crippen LogP contribution in [-0.2, 0) is 9.53 Å². The Morgan fingerprint density at radius 1 is 1.11 bits per heavy atom.